The van der Waals surface area contributed by atoms with Gasteiger partial charge in [0.05, 0.1) is 34.7 Å². The smallest absolute Gasteiger partial charge is 0.406 e. The number of anilines is 2. The van der Waals surface area contributed by atoms with E-state index >= 15 is 0 Å². The van der Waals surface area contributed by atoms with Crippen LogP contribution in [0.4, 0.5) is 35.0 Å². The Hall–Kier alpha value is -3.83. The number of azo groups is 1. The lowest BCUT2D eigenvalue weighted by Gasteiger charge is -2.10. The molecule has 0 aliphatic rings. The fourth-order valence-corrected chi connectivity index (χ4v) is 3.36. The Kier molecular flexibility index (Phi) is 7.61. The fraction of sp³-hybridized carbons (Fsp3) is 0.0870. The third-order valence-corrected chi connectivity index (χ3v) is 5.04. The van der Waals surface area contributed by atoms with Crippen LogP contribution in [0.25, 0.3) is 11.3 Å². The summed E-state index contributed by atoms with van der Waals surface area (Å²) in [4.78, 5) is 12.5. The molecule has 0 spiro atoms. The number of alkyl halides is 3. The predicted molar refractivity (Wildman–Crippen MR) is 126 cm³/mol. The summed E-state index contributed by atoms with van der Waals surface area (Å²) in [7, 11) is 0. The van der Waals surface area contributed by atoms with Gasteiger partial charge in [-0.15, -0.1) is 18.3 Å². The largest absolute Gasteiger partial charge is 0.573 e. The first kappa shape index (κ1) is 25.3. The maximum atomic E-state index is 14.6. The Labute approximate surface area is 211 Å². The van der Waals surface area contributed by atoms with Gasteiger partial charge in [0.15, 0.2) is 0 Å². The SMILES string of the molecule is Fc1cccc(Cl)c1-c1cc(Nc2ccc(Cl)nc2)nc(N=NCc2ccc(OC(F)(F)F)cc2)n1. The van der Waals surface area contributed by atoms with Crippen LogP contribution in [0.1, 0.15) is 5.56 Å². The molecule has 0 atom stereocenters. The number of aromatic nitrogens is 3. The van der Waals surface area contributed by atoms with Crippen molar-refractivity contribution in [3.63, 3.8) is 0 Å². The maximum Gasteiger partial charge on any atom is 0.573 e. The van der Waals surface area contributed by atoms with E-state index in [9.17, 15) is 17.6 Å². The van der Waals surface area contributed by atoms with E-state index < -0.39 is 12.2 Å². The number of nitrogens with zero attached hydrogens (tertiary/aromatic N) is 5. The van der Waals surface area contributed by atoms with Gasteiger partial charge in [-0.05, 0) is 42.0 Å². The van der Waals surface area contributed by atoms with Crippen molar-refractivity contribution in [1.29, 1.82) is 0 Å². The second-order valence-corrected chi connectivity index (χ2v) is 7.92. The number of benzene rings is 2. The van der Waals surface area contributed by atoms with E-state index in [1.165, 1.54) is 42.6 Å². The summed E-state index contributed by atoms with van der Waals surface area (Å²) in [6.07, 6.45) is -3.30. The zero-order chi connectivity index (χ0) is 25.7. The Bertz CT molecular complexity index is 1360. The third kappa shape index (κ3) is 6.86. The second kappa shape index (κ2) is 10.8. The van der Waals surface area contributed by atoms with Crippen LogP contribution in [0.5, 0.6) is 5.75 Å². The van der Waals surface area contributed by atoms with Gasteiger partial charge >= 0.3 is 6.36 Å². The van der Waals surface area contributed by atoms with Crippen LogP contribution in [0.3, 0.4) is 0 Å². The number of nitrogens with one attached hydrogen (secondary N) is 1. The lowest BCUT2D eigenvalue weighted by atomic mass is 10.1. The third-order valence-electron chi connectivity index (χ3n) is 4.50. The molecule has 13 heteroatoms. The van der Waals surface area contributed by atoms with Crippen LogP contribution < -0.4 is 10.1 Å². The van der Waals surface area contributed by atoms with E-state index in [2.05, 4.69) is 35.2 Å². The van der Waals surface area contributed by atoms with Gasteiger partial charge in [0, 0.05) is 6.07 Å². The van der Waals surface area contributed by atoms with Crippen molar-refractivity contribution in [3.8, 4) is 17.0 Å². The van der Waals surface area contributed by atoms with Gasteiger partial charge in [0.2, 0.25) is 0 Å². The zero-order valence-electron chi connectivity index (χ0n) is 18.0. The van der Waals surface area contributed by atoms with Crippen molar-refractivity contribution >= 4 is 40.7 Å². The number of hydrogen-bond acceptors (Lipinski definition) is 7. The lowest BCUT2D eigenvalue weighted by Crippen LogP contribution is -2.16. The summed E-state index contributed by atoms with van der Waals surface area (Å²) in [6.45, 7) is 0.0181. The summed E-state index contributed by atoms with van der Waals surface area (Å²) in [5.74, 6) is -0.794. The highest BCUT2D eigenvalue weighted by Crippen LogP contribution is 2.32. The lowest BCUT2D eigenvalue weighted by molar-refractivity contribution is -0.274. The van der Waals surface area contributed by atoms with Crippen LogP contribution in [-0.4, -0.2) is 21.3 Å². The molecule has 184 valence electrons. The summed E-state index contributed by atoms with van der Waals surface area (Å²) in [5, 5.41) is 11.4. The summed E-state index contributed by atoms with van der Waals surface area (Å²) in [6, 6.07) is 14.1. The quantitative estimate of drug-likeness (QED) is 0.147. The molecule has 0 fully saturated rings. The maximum absolute atomic E-state index is 14.6. The Balaban J connectivity index is 1.60. The minimum Gasteiger partial charge on any atom is -0.406 e. The minimum absolute atomic E-state index is 0.0181. The molecule has 1 N–H and O–H groups in total. The van der Waals surface area contributed by atoms with Crippen LogP contribution in [0.15, 0.2) is 77.1 Å². The molecule has 0 aliphatic carbocycles. The molecule has 4 aromatic rings. The predicted octanol–water partition coefficient (Wildman–Crippen LogP) is 7.91. The van der Waals surface area contributed by atoms with Gasteiger partial charge in [-0.25, -0.2) is 14.4 Å². The highest BCUT2D eigenvalue weighted by molar-refractivity contribution is 6.33. The Morgan fingerprint density at radius 3 is 2.42 bits per heavy atom. The molecule has 4 rings (SSSR count). The number of pyridine rings is 1. The van der Waals surface area contributed by atoms with E-state index in [1.807, 2.05) is 0 Å². The van der Waals surface area contributed by atoms with E-state index in [1.54, 1.807) is 12.1 Å². The molecule has 0 unspecified atom stereocenters. The van der Waals surface area contributed by atoms with Crippen molar-refractivity contribution < 1.29 is 22.3 Å². The van der Waals surface area contributed by atoms with Gasteiger partial charge in [-0.2, -0.15) is 10.1 Å². The van der Waals surface area contributed by atoms with Crippen molar-refractivity contribution in [3.05, 3.63) is 88.4 Å². The van der Waals surface area contributed by atoms with Crippen molar-refractivity contribution in [2.45, 2.75) is 12.9 Å². The monoisotopic (exact) mass is 536 g/mol. The standard InChI is InChI=1S/C23H14Cl2F4N6O/c24-16-2-1-3-17(26)21(16)18-10-20(32-14-6-9-19(25)30-12-14)34-22(33-18)35-31-11-13-4-7-15(8-5-13)36-23(27,28)29/h1-10,12H,11H2,(H,32,33,34). The normalized spacial score (nSPS) is 11.6. The van der Waals surface area contributed by atoms with Crippen LogP contribution in [-0.2, 0) is 6.54 Å². The molecule has 7 nitrogen and oxygen atoms in total. The zero-order valence-corrected chi connectivity index (χ0v) is 19.5. The van der Waals surface area contributed by atoms with E-state index in [-0.39, 0.29) is 40.3 Å². The minimum atomic E-state index is -4.78. The second-order valence-electron chi connectivity index (χ2n) is 7.12. The topological polar surface area (TPSA) is 84.7 Å². The first-order chi connectivity index (χ1) is 17.2. The molecular weight excluding hydrogens is 523 g/mol. The molecule has 2 heterocycles. The van der Waals surface area contributed by atoms with E-state index in [0.29, 0.717) is 16.4 Å². The van der Waals surface area contributed by atoms with Gasteiger partial charge in [-0.3, -0.25) is 0 Å². The summed E-state index contributed by atoms with van der Waals surface area (Å²) >= 11 is 12.0. The number of hydrogen-bond donors (Lipinski definition) is 1. The van der Waals surface area contributed by atoms with Crippen LogP contribution in [0, 0.1) is 5.82 Å². The highest BCUT2D eigenvalue weighted by atomic mass is 35.5. The van der Waals surface area contributed by atoms with E-state index in [4.69, 9.17) is 23.2 Å². The Morgan fingerprint density at radius 2 is 1.75 bits per heavy atom. The van der Waals surface area contributed by atoms with Crippen LogP contribution >= 0.6 is 23.2 Å². The average molecular weight is 537 g/mol. The summed E-state index contributed by atoms with van der Waals surface area (Å²) < 4.78 is 55.3. The van der Waals surface area contributed by atoms with Gasteiger partial charge in [0.25, 0.3) is 5.95 Å². The molecule has 0 bridgehead atoms. The van der Waals surface area contributed by atoms with Crippen LogP contribution in [0.2, 0.25) is 10.2 Å². The number of halogens is 6. The van der Waals surface area contributed by atoms with Gasteiger partial charge in [-0.1, -0.05) is 41.4 Å². The fourth-order valence-electron chi connectivity index (χ4n) is 2.99. The molecule has 0 aliphatic heterocycles. The molecule has 0 saturated heterocycles. The van der Waals surface area contributed by atoms with E-state index in [0.717, 1.165) is 12.1 Å². The van der Waals surface area contributed by atoms with Crippen molar-refractivity contribution in [2.24, 2.45) is 10.2 Å². The molecule has 0 radical (unpaired) electrons. The van der Waals surface area contributed by atoms with Gasteiger partial charge in [0.1, 0.15) is 22.5 Å². The highest BCUT2D eigenvalue weighted by Gasteiger charge is 2.30. The molecule has 0 saturated carbocycles. The van der Waals surface area contributed by atoms with Crippen molar-refractivity contribution in [2.75, 3.05) is 5.32 Å². The number of rotatable bonds is 7. The average Bonchev–Trinajstić information content (AvgIpc) is 2.81. The molecule has 0 amide bonds. The number of ether oxygens (including phenoxy) is 1. The van der Waals surface area contributed by atoms with Crippen molar-refractivity contribution in [1.82, 2.24) is 15.0 Å². The molecular formula is C23H14Cl2F4N6O. The first-order valence-electron chi connectivity index (χ1n) is 10.1. The van der Waals surface area contributed by atoms with Gasteiger partial charge < -0.3 is 10.1 Å². The molecule has 2 aromatic heterocycles. The Morgan fingerprint density at radius 1 is 0.972 bits per heavy atom. The first-order valence-corrected chi connectivity index (χ1v) is 10.9. The molecule has 36 heavy (non-hydrogen) atoms. The summed E-state index contributed by atoms with van der Waals surface area (Å²) in [5.41, 5.74) is 1.32. The molecule has 2 aromatic carbocycles.